The maximum atomic E-state index is 12.6. The number of nitrogens with zero attached hydrogens (tertiary/aromatic N) is 2. The number of hydrogen-bond donors (Lipinski definition) is 2. The highest BCUT2D eigenvalue weighted by Crippen LogP contribution is 2.26. The van der Waals surface area contributed by atoms with Crippen LogP contribution >= 0.6 is 34.5 Å². The van der Waals surface area contributed by atoms with Crippen molar-refractivity contribution < 1.29 is 13.2 Å². The molecule has 2 rings (SSSR count). The maximum Gasteiger partial charge on any atom is 0.263 e. The number of anilines is 1. The molecule has 1 aromatic carbocycles. The molecule has 0 aliphatic rings. The molecule has 1 amide bonds. The molecule has 148 valence electrons. The average Bonchev–Trinajstić information content (AvgIpc) is 3.06. The molecule has 0 aliphatic carbocycles. The smallest absolute Gasteiger partial charge is 0.263 e. The SMILES string of the molecule is Cc1c(Cl)cccc1S(=O)(=O)Nc1nc(CCN(CCN)C(=O)CCl)cs1. The first-order valence-electron chi connectivity index (χ1n) is 8.04. The van der Waals surface area contributed by atoms with Gasteiger partial charge in [-0.15, -0.1) is 22.9 Å². The minimum absolute atomic E-state index is 0.105. The summed E-state index contributed by atoms with van der Waals surface area (Å²) in [6.45, 7) is 2.79. The molecule has 0 saturated heterocycles. The van der Waals surface area contributed by atoms with Crippen LogP contribution < -0.4 is 10.5 Å². The number of nitrogens with two attached hydrogens (primary N) is 1. The highest BCUT2D eigenvalue weighted by Gasteiger charge is 2.20. The van der Waals surface area contributed by atoms with Crippen molar-refractivity contribution in [2.75, 3.05) is 30.2 Å². The largest absolute Gasteiger partial charge is 0.340 e. The van der Waals surface area contributed by atoms with Gasteiger partial charge in [-0.05, 0) is 24.6 Å². The van der Waals surface area contributed by atoms with Crippen LogP contribution in [0.15, 0.2) is 28.5 Å². The minimum Gasteiger partial charge on any atom is -0.340 e. The van der Waals surface area contributed by atoms with E-state index in [4.69, 9.17) is 28.9 Å². The van der Waals surface area contributed by atoms with Crippen molar-refractivity contribution >= 4 is 55.6 Å². The number of carbonyl (C=O) groups is 1. The standard InChI is InChI=1S/C16H20Cl2N4O3S2/c1-11-13(18)3-2-4-14(11)27(24,25)21-16-20-12(10-26-16)5-7-22(8-6-19)15(23)9-17/h2-4,10H,5-9,19H2,1H3,(H,20,21). The van der Waals surface area contributed by atoms with Crippen molar-refractivity contribution in [1.82, 2.24) is 9.88 Å². The summed E-state index contributed by atoms with van der Waals surface area (Å²) in [7, 11) is -3.80. The molecule has 11 heteroatoms. The van der Waals surface area contributed by atoms with Gasteiger partial charge >= 0.3 is 0 Å². The van der Waals surface area contributed by atoms with Crippen molar-refractivity contribution in [3.63, 3.8) is 0 Å². The number of alkyl halides is 1. The Morgan fingerprint density at radius 3 is 2.78 bits per heavy atom. The zero-order valence-corrected chi connectivity index (χ0v) is 17.8. The lowest BCUT2D eigenvalue weighted by Crippen LogP contribution is -2.37. The summed E-state index contributed by atoms with van der Waals surface area (Å²) in [6.07, 6.45) is 0.469. The van der Waals surface area contributed by atoms with Crippen molar-refractivity contribution in [3.8, 4) is 0 Å². The van der Waals surface area contributed by atoms with Crippen LogP contribution in [-0.4, -0.2) is 49.7 Å². The van der Waals surface area contributed by atoms with E-state index in [1.54, 1.807) is 29.3 Å². The molecule has 0 saturated carbocycles. The summed E-state index contributed by atoms with van der Waals surface area (Å²) < 4.78 is 27.6. The summed E-state index contributed by atoms with van der Waals surface area (Å²) in [5, 5.41) is 2.37. The third kappa shape index (κ3) is 5.79. The van der Waals surface area contributed by atoms with E-state index in [9.17, 15) is 13.2 Å². The first-order chi connectivity index (χ1) is 12.8. The zero-order valence-electron chi connectivity index (χ0n) is 14.6. The molecule has 3 N–H and O–H groups in total. The number of thiazole rings is 1. The van der Waals surface area contributed by atoms with E-state index >= 15 is 0 Å². The second-order valence-electron chi connectivity index (χ2n) is 5.67. The van der Waals surface area contributed by atoms with E-state index in [2.05, 4.69) is 9.71 Å². The van der Waals surface area contributed by atoms with Crippen molar-refractivity contribution in [3.05, 3.63) is 39.9 Å². The Morgan fingerprint density at radius 1 is 1.37 bits per heavy atom. The molecular formula is C16H20Cl2N4O3S2. The Kier molecular flexibility index (Phi) is 7.87. The molecule has 0 fully saturated rings. The molecule has 0 aliphatic heterocycles. The molecule has 27 heavy (non-hydrogen) atoms. The molecule has 0 spiro atoms. The highest BCUT2D eigenvalue weighted by atomic mass is 35.5. The van der Waals surface area contributed by atoms with Gasteiger partial charge in [-0.25, -0.2) is 13.4 Å². The number of hydrogen-bond acceptors (Lipinski definition) is 6. The minimum atomic E-state index is -3.80. The van der Waals surface area contributed by atoms with Crippen molar-refractivity contribution in [1.29, 1.82) is 0 Å². The lowest BCUT2D eigenvalue weighted by molar-refractivity contribution is -0.128. The number of rotatable bonds is 9. The van der Waals surface area contributed by atoms with Crippen LogP contribution in [0, 0.1) is 6.92 Å². The second kappa shape index (κ2) is 9.70. The highest BCUT2D eigenvalue weighted by molar-refractivity contribution is 7.93. The van der Waals surface area contributed by atoms with Crippen LogP contribution in [0.5, 0.6) is 0 Å². The van der Waals surface area contributed by atoms with Crippen LogP contribution in [0.3, 0.4) is 0 Å². The average molecular weight is 451 g/mol. The normalized spacial score (nSPS) is 11.4. The molecule has 7 nitrogen and oxygen atoms in total. The van der Waals surface area contributed by atoms with Gasteiger partial charge < -0.3 is 10.6 Å². The number of sulfonamides is 1. The van der Waals surface area contributed by atoms with E-state index < -0.39 is 10.0 Å². The van der Waals surface area contributed by atoms with Gasteiger partial charge in [0.1, 0.15) is 5.88 Å². The lowest BCUT2D eigenvalue weighted by atomic mass is 10.2. The number of aromatic nitrogens is 1. The molecule has 0 bridgehead atoms. The third-order valence-corrected chi connectivity index (χ3v) is 6.84. The monoisotopic (exact) mass is 450 g/mol. The van der Waals surface area contributed by atoms with E-state index in [1.807, 2.05) is 0 Å². The summed E-state index contributed by atoms with van der Waals surface area (Å²) in [6, 6.07) is 4.70. The molecule has 1 aromatic heterocycles. The van der Waals surface area contributed by atoms with E-state index in [0.717, 1.165) is 0 Å². The Bertz CT molecular complexity index is 903. The first-order valence-corrected chi connectivity index (χ1v) is 11.3. The summed E-state index contributed by atoms with van der Waals surface area (Å²) in [4.78, 5) is 17.7. The Hall–Kier alpha value is -1.39. The molecule has 0 radical (unpaired) electrons. The predicted molar refractivity (Wildman–Crippen MR) is 109 cm³/mol. The molecule has 2 aromatic rings. The van der Waals surface area contributed by atoms with Gasteiger partial charge in [0.15, 0.2) is 5.13 Å². The van der Waals surface area contributed by atoms with Gasteiger partial charge in [0.2, 0.25) is 5.91 Å². The Labute approximate surface area is 172 Å². The van der Waals surface area contributed by atoms with Crippen LogP contribution in [0.2, 0.25) is 5.02 Å². The van der Waals surface area contributed by atoms with Gasteiger partial charge in [0.25, 0.3) is 10.0 Å². The van der Waals surface area contributed by atoms with E-state index in [1.165, 1.54) is 17.4 Å². The fourth-order valence-electron chi connectivity index (χ4n) is 2.37. The number of halogens is 2. The topological polar surface area (TPSA) is 105 Å². The quantitative estimate of drug-likeness (QED) is 0.570. The van der Waals surface area contributed by atoms with Gasteiger partial charge in [-0.3, -0.25) is 9.52 Å². The van der Waals surface area contributed by atoms with Crippen molar-refractivity contribution in [2.24, 2.45) is 5.73 Å². The van der Waals surface area contributed by atoms with Gasteiger partial charge in [-0.1, -0.05) is 17.7 Å². The Morgan fingerprint density at radius 2 is 2.11 bits per heavy atom. The van der Waals surface area contributed by atoms with Crippen LogP contribution in [0.1, 0.15) is 11.3 Å². The second-order valence-corrected chi connectivity index (χ2v) is 8.85. The van der Waals surface area contributed by atoms with Gasteiger partial charge in [-0.2, -0.15) is 0 Å². The number of benzene rings is 1. The summed E-state index contributed by atoms with van der Waals surface area (Å²) in [5.74, 6) is -0.309. The fourth-order valence-corrected chi connectivity index (χ4v) is 5.03. The molecular weight excluding hydrogens is 431 g/mol. The van der Waals surface area contributed by atoms with Crippen molar-refractivity contribution in [2.45, 2.75) is 18.2 Å². The van der Waals surface area contributed by atoms with Gasteiger partial charge in [0.05, 0.1) is 10.6 Å². The Balaban J connectivity index is 2.07. The maximum absolute atomic E-state index is 12.6. The zero-order chi connectivity index (χ0) is 20.0. The summed E-state index contributed by atoms with van der Waals surface area (Å²) in [5.41, 5.74) is 6.65. The number of nitrogens with one attached hydrogen (secondary N) is 1. The van der Waals surface area contributed by atoms with Crippen LogP contribution in [0.4, 0.5) is 5.13 Å². The fraction of sp³-hybridized carbons (Fsp3) is 0.375. The van der Waals surface area contributed by atoms with E-state index in [0.29, 0.717) is 42.3 Å². The van der Waals surface area contributed by atoms with Gasteiger partial charge in [0, 0.05) is 36.5 Å². The molecule has 0 atom stereocenters. The predicted octanol–water partition coefficient (Wildman–Crippen LogP) is 2.47. The first kappa shape index (κ1) is 21.9. The number of amides is 1. The van der Waals surface area contributed by atoms with E-state index in [-0.39, 0.29) is 21.8 Å². The number of carbonyl (C=O) groups excluding carboxylic acids is 1. The summed E-state index contributed by atoms with van der Waals surface area (Å²) >= 11 is 12.8. The van der Waals surface area contributed by atoms with Crippen LogP contribution in [-0.2, 0) is 21.2 Å². The third-order valence-electron chi connectivity index (χ3n) is 3.78. The molecule has 0 unspecified atom stereocenters. The molecule has 1 heterocycles. The lowest BCUT2D eigenvalue weighted by Gasteiger charge is -2.20. The van der Waals surface area contributed by atoms with Crippen LogP contribution in [0.25, 0.3) is 0 Å².